The highest BCUT2D eigenvalue weighted by Crippen LogP contribution is 2.37. The van der Waals surface area contributed by atoms with Crippen molar-refractivity contribution < 1.29 is 5.11 Å². The summed E-state index contributed by atoms with van der Waals surface area (Å²) in [7, 11) is 0. The number of hydrogen-bond acceptors (Lipinski definition) is 2. The Morgan fingerprint density at radius 3 is 2.60 bits per heavy atom. The van der Waals surface area contributed by atoms with Gasteiger partial charge in [-0.3, -0.25) is 0 Å². The molecule has 0 saturated heterocycles. The van der Waals surface area contributed by atoms with Gasteiger partial charge in [0.25, 0.3) is 0 Å². The standard InChI is InChI=1S/C18H21NO/c1-12(2)19-11-18(20)14-7-8-17-15(10-14)9-13-5-3-4-6-16(13)17/h3-8,10,12,18-20H,9,11H2,1-2H3/t18-/m0/s1. The second-order valence-electron chi connectivity index (χ2n) is 5.83. The van der Waals surface area contributed by atoms with E-state index in [0.29, 0.717) is 12.6 Å². The van der Waals surface area contributed by atoms with Crippen LogP contribution in [0.5, 0.6) is 0 Å². The molecule has 0 unspecified atom stereocenters. The average Bonchev–Trinajstić information content (AvgIpc) is 2.82. The first-order valence-corrected chi connectivity index (χ1v) is 7.27. The minimum absolute atomic E-state index is 0.392. The summed E-state index contributed by atoms with van der Waals surface area (Å²) in [5.74, 6) is 0. The molecule has 104 valence electrons. The highest BCUT2D eigenvalue weighted by Gasteiger charge is 2.19. The van der Waals surface area contributed by atoms with Gasteiger partial charge in [-0.05, 0) is 34.2 Å². The molecule has 0 aliphatic heterocycles. The van der Waals surface area contributed by atoms with Crippen LogP contribution in [0.2, 0.25) is 0 Å². The zero-order valence-corrected chi connectivity index (χ0v) is 12.1. The largest absolute Gasteiger partial charge is 0.387 e. The molecule has 0 saturated carbocycles. The van der Waals surface area contributed by atoms with Crippen molar-refractivity contribution in [2.24, 2.45) is 0 Å². The van der Waals surface area contributed by atoms with Crippen LogP contribution in [0.15, 0.2) is 42.5 Å². The third-order valence-electron chi connectivity index (χ3n) is 3.92. The van der Waals surface area contributed by atoms with E-state index >= 15 is 0 Å². The molecule has 0 radical (unpaired) electrons. The third-order valence-corrected chi connectivity index (χ3v) is 3.92. The zero-order chi connectivity index (χ0) is 14.1. The van der Waals surface area contributed by atoms with Crippen LogP contribution in [-0.2, 0) is 6.42 Å². The molecule has 1 atom stereocenters. The fourth-order valence-corrected chi connectivity index (χ4v) is 2.84. The Morgan fingerprint density at radius 2 is 1.80 bits per heavy atom. The average molecular weight is 267 g/mol. The van der Waals surface area contributed by atoms with Crippen LogP contribution in [0.4, 0.5) is 0 Å². The number of fused-ring (bicyclic) bond motifs is 3. The van der Waals surface area contributed by atoms with Crippen LogP contribution in [0, 0.1) is 0 Å². The molecule has 0 bridgehead atoms. The number of nitrogens with one attached hydrogen (secondary N) is 1. The lowest BCUT2D eigenvalue weighted by atomic mass is 10.0. The lowest BCUT2D eigenvalue weighted by molar-refractivity contribution is 0.171. The lowest BCUT2D eigenvalue weighted by Gasteiger charge is -2.15. The first kappa shape index (κ1) is 13.3. The van der Waals surface area contributed by atoms with Crippen molar-refractivity contribution >= 4 is 0 Å². The topological polar surface area (TPSA) is 32.3 Å². The summed E-state index contributed by atoms with van der Waals surface area (Å²) in [6.07, 6.45) is 0.537. The summed E-state index contributed by atoms with van der Waals surface area (Å²) in [6, 6.07) is 15.3. The fraction of sp³-hybridized carbons (Fsp3) is 0.333. The molecule has 2 aromatic rings. The molecule has 2 nitrogen and oxygen atoms in total. The van der Waals surface area contributed by atoms with Gasteiger partial charge in [-0.2, -0.15) is 0 Å². The molecule has 0 spiro atoms. The third kappa shape index (κ3) is 2.49. The second kappa shape index (κ2) is 5.39. The van der Waals surface area contributed by atoms with E-state index in [-0.39, 0.29) is 0 Å². The van der Waals surface area contributed by atoms with Gasteiger partial charge in [0.1, 0.15) is 0 Å². The second-order valence-corrected chi connectivity index (χ2v) is 5.83. The number of aliphatic hydroxyl groups excluding tert-OH is 1. The maximum Gasteiger partial charge on any atom is 0.0914 e. The summed E-state index contributed by atoms with van der Waals surface area (Å²) in [4.78, 5) is 0. The normalized spacial score (nSPS) is 14.2. The Morgan fingerprint density at radius 1 is 1.05 bits per heavy atom. The van der Waals surface area contributed by atoms with Crippen LogP contribution in [-0.4, -0.2) is 17.7 Å². The maximum atomic E-state index is 10.3. The molecule has 2 N–H and O–H groups in total. The van der Waals surface area contributed by atoms with E-state index < -0.39 is 6.10 Å². The SMILES string of the molecule is CC(C)NC[C@H](O)c1ccc2c(c1)Cc1ccccc1-2. The van der Waals surface area contributed by atoms with E-state index in [2.05, 4.69) is 55.6 Å². The van der Waals surface area contributed by atoms with Crippen molar-refractivity contribution in [1.82, 2.24) is 5.32 Å². The fourth-order valence-electron chi connectivity index (χ4n) is 2.84. The molecule has 20 heavy (non-hydrogen) atoms. The Kier molecular flexibility index (Phi) is 3.60. The van der Waals surface area contributed by atoms with Gasteiger partial charge < -0.3 is 10.4 Å². The van der Waals surface area contributed by atoms with Crippen LogP contribution in [0.1, 0.15) is 36.6 Å². The Hall–Kier alpha value is -1.64. The van der Waals surface area contributed by atoms with Crippen LogP contribution >= 0.6 is 0 Å². The quantitative estimate of drug-likeness (QED) is 0.760. The Bertz CT molecular complexity index is 619. The molecular formula is C18H21NO. The first-order valence-electron chi connectivity index (χ1n) is 7.27. The minimum Gasteiger partial charge on any atom is -0.387 e. The molecular weight excluding hydrogens is 246 g/mol. The van der Waals surface area contributed by atoms with Crippen molar-refractivity contribution in [3.63, 3.8) is 0 Å². The molecule has 0 heterocycles. The monoisotopic (exact) mass is 267 g/mol. The van der Waals surface area contributed by atoms with E-state index in [9.17, 15) is 5.11 Å². The number of rotatable bonds is 4. The van der Waals surface area contributed by atoms with Gasteiger partial charge >= 0.3 is 0 Å². The van der Waals surface area contributed by atoms with E-state index in [1.165, 1.54) is 22.3 Å². The van der Waals surface area contributed by atoms with Crippen LogP contribution in [0.3, 0.4) is 0 Å². The van der Waals surface area contributed by atoms with Gasteiger partial charge in [-0.25, -0.2) is 0 Å². The molecule has 3 rings (SSSR count). The summed E-state index contributed by atoms with van der Waals surface area (Å²) in [6.45, 7) is 4.78. The van der Waals surface area contributed by atoms with Crippen LogP contribution in [0.25, 0.3) is 11.1 Å². The van der Waals surface area contributed by atoms with Gasteiger partial charge in [-0.15, -0.1) is 0 Å². The molecule has 2 aromatic carbocycles. The summed E-state index contributed by atoms with van der Waals surface area (Å²) >= 11 is 0. The maximum absolute atomic E-state index is 10.3. The number of hydrogen-bond donors (Lipinski definition) is 2. The van der Waals surface area contributed by atoms with Crippen molar-refractivity contribution in [2.45, 2.75) is 32.4 Å². The highest BCUT2D eigenvalue weighted by atomic mass is 16.3. The summed E-state index contributed by atoms with van der Waals surface area (Å²) in [5, 5.41) is 13.5. The van der Waals surface area contributed by atoms with Gasteiger partial charge in [-0.1, -0.05) is 56.3 Å². The molecule has 0 amide bonds. The van der Waals surface area contributed by atoms with E-state index in [4.69, 9.17) is 0 Å². The summed E-state index contributed by atoms with van der Waals surface area (Å²) in [5.41, 5.74) is 6.36. The van der Waals surface area contributed by atoms with E-state index in [1.54, 1.807) is 0 Å². The molecule has 1 aliphatic rings. The smallest absolute Gasteiger partial charge is 0.0914 e. The van der Waals surface area contributed by atoms with Gasteiger partial charge in [0.05, 0.1) is 6.10 Å². The van der Waals surface area contributed by atoms with Crippen LogP contribution < -0.4 is 5.32 Å². The minimum atomic E-state index is -0.439. The van der Waals surface area contributed by atoms with Gasteiger partial charge in [0.15, 0.2) is 0 Å². The van der Waals surface area contributed by atoms with Crippen molar-refractivity contribution in [3.8, 4) is 11.1 Å². The van der Waals surface area contributed by atoms with Gasteiger partial charge in [0, 0.05) is 12.6 Å². The van der Waals surface area contributed by atoms with Crippen molar-refractivity contribution in [3.05, 3.63) is 59.2 Å². The predicted octanol–water partition coefficient (Wildman–Crippen LogP) is 3.29. The summed E-state index contributed by atoms with van der Waals surface area (Å²) < 4.78 is 0. The zero-order valence-electron chi connectivity index (χ0n) is 12.1. The number of benzene rings is 2. The number of aliphatic hydroxyl groups is 1. The molecule has 0 aromatic heterocycles. The van der Waals surface area contributed by atoms with E-state index in [0.717, 1.165) is 12.0 Å². The Labute approximate surface area is 120 Å². The van der Waals surface area contributed by atoms with Gasteiger partial charge in [0.2, 0.25) is 0 Å². The van der Waals surface area contributed by atoms with E-state index in [1.807, 2.05) is 6.07 Å². The molecule has 1 aliphatic carbocycles. The lowest BCUT2D eigenvalue weighted by Crippen LogP contribution is -2.27. The first-order chi connectivity index (χ1) is 9.65. The highest BCUT2D eigenvalue weighted by molar-refractivity contribution is 5.76. The van der Waals surface area contributed by atoms with Crippen molar-refractivity contribution in [2.75, 3.05) is 6.54 Å². The molecule has 0 fully saturated rings. The molecule has 2 heteroatoms. The van der Waals surface area contributed by atoms with Crippen molar-refractivity contribution in [1.29, 1.82) is 0 Å². The Balaban J connectivity index is 1.83. The predicted molar refractivity (Wildman–Crippen MR) is 82.8 cm³/mol.